The Morgan fingerprint density at radius 3 is 2.32 bits per heavy atom. The zero-order valence-corrected chi connectivity index (χ0v) is 18.2. The van der Waals surface area contributed by atoms with Gasteiger partial charge in [0.05, 0.1) is 0 Å². The van der Waals surface area contributed by atoms with Crippen molar-refractivity contribution in [2.24, 2.45) is 0 Å². The van der Waals surface area contributed by atoms with Crippen molar-refractivity contribution in [3.05, 3.63) is 53.6 Å². The Morgan fingerprint density at radius 1 is 0.903 bits per heavy atom. The summed E-state index contributed by atoms with van der Waals surface area (Å²) in [6, 6.07) is 13.0. The Kier molecular flexibility index (Phi) is 6.02. The average Bonchev–Trinajstić information content (AvgIpc) is 3.26. The molecule has 1 fully saturated rings. The first-order chi connectivity index (χ1) is 14.9. The van der Waals surface area contributed by atoms with Crippen molar-refractivity contribution in [2.45, 2.75) is 32.8 Å². The summed E-state index contributed by atoms with van der Waals surface area (Å²) in [5, 5.41) is 0. The van der Waals surface area contributed by atoms with Gasteiger partial charge >= 0.3 is 0 Å². The Hall–Kier alpha value is -3.22. The highest BCUT2D eigenvalue weighted by Gasteiger charge is 2.29. The van der Waals surface area contributed by atoms with Crippen LogP contribution in [-0.4, -0.2) is 60.7 Å². The number of piperazine rings is 1. The third-order valence-electron chi connectivity index (χ3n) is 5.69. The minimum absolute atomic E-state index is 0.0614. The third-order valence-corrected chi connectivity index (χ3v) is 5.69. The molecule has 2 aliphatic rings. The summed E-state index contributed by atoms with van der Waals surface area (Å²) in [7, 11) is 0. The molecule has 1 atom stereocenters. The number of hydrogen-bond acceptors (Lipinski definition) is 5. The van der Waals surface area contributed by atoms with Gasteiger partial charge in [0.1, 0.15) is 5.75 Å². The van der Waals surface area contributed by atoms with E-state index in [1.54, 1.807) is 34.9 Å². The van der Waals surface area contributed by atoms with E-state index in [0.717, 1.165) is 11.3 Å². The van der Waals surface area contributed by atoms with Gasteiger partial charge in [0.15, 0.2) is 17.6 Å². The number of rotatable bonds is 5. The van der Waals surface area contributed by atoms with Crippen LogP contribution in [0.3, 0.4) is 0 Å². The Bertz CT molecular complexity index is 966. The summed E-state index contributed by atoms with van der Waals surface area (Å²) >= 11 is 0. The van der Waals surface area contributed by atoms with Crippen LogP contribution in [0, 0.1) is 0 Å². The van der Waals surface area contributed by atoms with Gasteiger partial charge < -0.3 is 24.0 Å². The molecule has 7 nitrogen and oxygen atoms in total. The fourth-order valence-electron chi connectivity index (χ4n) is 3.90. The minimum Gasteiger partial charge on any atom is -0.481 e. The quantitative estimate of drug-likeness (QED) is 0.737. The van der Waals surface area contributed by atoms with Crippen molar-refractivity contribution in [3.63, 3.8) is 0 Å². The predicted molar refractivity (Wildman–Crippen MR) is 116 cm³/mol. The molecule has 0 spiro atoms. The molecule has 164 valence electrons. The van der Waals surface area contributed by atoms with E-state index >= 15 is 0 Å². The largest absolute Gasteiger partial charge is 0.481 e. The number of nitrogens with zero attached hydrogens (tertiary/aromatic N) is 2. The predicted octanol–water partition coefficient (Wildman–Crippen LogP) is 3.29. The fourth-order valence-corrected chi connectivity index (χ4v) is 3.90. The summed E-state index contributed by atoms with van der Waals surface area (Å²) in [5.41, 5.74) is 1.65. The lowest BCUT2D eigenvalue weighted by Gasteiger charge is -2.36. The van der Waals surface area contributed by atoms with Crippen LogP contribution in [0.15, 0.2) is 42.5 Å². The maximum Gasteiger partial charge on any atom is 0.263 e. The molecule has 2 heterocycles. The van der Waals surface area contributed by atoms with Crippen molar-refractivity contribution in [2.75, 3.05) is 33.0 Å². The van der Waals surface area contributed by atoms with Crippen LogP contribution >= 0.6 is 0 Å². The van der Waals surface area contributed by atoms with Crippen LogP contribution < -0.4 is 14.2 Å². The van der Waals surface area contributed by atoms with Gasteiger partial charge in [-0.25, -0.2) is 0 Å². The average molecular weight is 424 g/mol. The van der Waals surface area contributed by atoms with Gasteiger partial charge in [-0.3, -0.25) is 9.59 Å². The van der Waals surface area contributed by atoms with Crippen LogP contribution in [0.4, 0.5) is 0 Å². The first-order valence-electron chi connectivity index (χ1n) is 10.7. The number of fused-ring (bicyclic) bond motifs is 1. The van der Waals surface area contributed by atoms with E-state index in [4.69, 9.17) is 14.2 Å². The maximum atomic E-state index is 12.9. The van der Waals surface area contributed by atoms with Crippen molar-refractivity contribution in [1.82, 2.24) is 9.80 Å². The van der Waals surface area contributed by atoms with Crippen molar-refractivity contribution >= 4 is 11.8 Å². The minimum atomic E-state index is -0.587. The second-order valence-corrected chi connectivity index (χ2v) is 8.14. The normalized spacial score (nSPS) is 16.4. The molecule has 0 radical (unpaired) electrons. The summed E-state index contributed by atoms with van der Waals surface area (Å²) in [6.07, 6.45) is -0.587. The first kappa shape index (κ1) is 21.0. The molecule has 4 rings (SSSR count). The van der Waals surface area contributed by atoms with Gasteiger partial charge in [-0.05, 0) is 42.7 Å². The van der Waals surface area contributed by atoms with E-state index in [-0.39, 0.29) is 18.6 Å². The number of carbonyl (C=O) groups is 2. The molecule has 2 aromatic rings. The topological polar surface area (TPSA) is 68.3 Å². The van der Waals surface area contributed by atoms with Crippen LogP contribution in [0.5, 0.6) is 17.2 Å². The summed E-state index contributed by atoms with van der Waals surface area (Å²) in [4.78, 5) is 29.3. The van der Waals surface area contributed by atoms with E-state index in [1.807, 2.05) is 24.3 Å². The van der Waals surface area contributed by atoms with Crippen molar-refractivity contribution < 1.29 is 23.8 Å². The zero-order chi connectivity index (χ0) is 22.0. The molecule has 0 saturated carbocycles. The SMILES string of the molecule is CC(Oc1ccccc1C(C)C)C(=O)N1CCN(C(=O)c2ccc3c(c2)OCO3)CC1. The molecule has 31 heavy (non-hydrogen) atoms. The van der Waals surface area contributed by atoms with Gasteiger partial charge in [-0.2, -0.15) is 0 Å². The summed E-state index contributed by atoms with van der Waals surface area (Å²) in [6.45, 7) is 8.08. The van der Waals surface area contributed by atoms with E-state index in [9.17, 15) is 9.59 Å². The highest BCUT2D eigenvalue weighted by atomic mass is 16.7. The molecule has 0 aliphatic carbocycles. The lowest BCUT2D eigenvalue weighted by molar-refractivity contribution is -0.139. The van der Waals surface area contributed by atoms with Crippen LogP contribution in [0.25, 0.3) is 0 Å². The molecule has 2 aliphatic heterocycles. The van der Waals surface area contributed by atoms with Gasteiger partial charge in [-0.15, -0.1) is 0 Å². The second kappa shape index (κ2) is 8.88. The Balaban J connectivity index is 1.34. The summed E-state index contributed by atoms with van der Waals surface area (Å²) in [5.74, 6) is 2.17. The van der Waals surface area contributed by atoms with Crippen LogP contribution in [0.1, 0.15) is 42.6 Å². The van der Waals surface area contributed by atoms with E-state index in [1.165, 1.54) is 0 Å². The molecule has 2 amide bonds. The smallest absolute Gasteiger partial charge is 0.263 e. The fraction of sp³-hybridized carbons (Fsp3) is 0.417. The number of amides is 2. The number of para-hydroxylation sites is 1. The van der Waals surface area contributed by atoms with E-state index < -0.39 is 6.10 Å². The molecule has 0 aromatic heterocycles. The van der Waals surface area contributed by atoms with Gasteiger partial charge in [0, 0.05) is 31.7 Å². The molecule has 2 aromatic carbocycles. The molecular weight excluding hydrogens is 396 g/mol. The number of carbonyl (C=O) groups excluding carboxylic acids is 2. The zero-order valence-electron chi connectivity index (χ0n) is 18.2. The van der Waals surface area contributed by atoms with Crippen molar-refractivity contribution in [1.29, 1.82) is 0 Å². The standard InChI is InChI=1S/C24H28N2O5/c1-16(2)19-6-4-5-7-20(19)31-17(3)23(27)25-10-12-26(13-11-25)24(28)18-8-9-21-22(14-18)30-15-29-21/h4-9,14,16-17H,10-13,15H2,1-3H3. The van der Waals surface area contributed by atoms with Crippen molar-refractivity contribution in [3.8, 4) is 17.2 Å². The summed E-state index contributed by atoms with van der Waals surface area (Å²) < 4.78 is 16.7. The first-order valence-corrected chi connectivity index (χ1v) is 10.7. The lowest BCUT2D eigenvalue weighted by atomic mass is 10.0. The number of hydrogen-bond donors (Lipinski definition) is 0. The second-order valence-electron chi connectivity index (χ2n) is 8.14. The molecule has 1 saturated heterocycles. The Morgan fingerprint density at radius 2 is 1.58 bits per heavy atom. The van der Waals surface area contributed by atoms with E-state index in [0.29, 0.717) is 49.2 Å². The maximum absolute atomic E-state index is 12.9. The van der Waals surface area contributed by atoms with Gasteiger partial charge in [0.25, 0.3) is 11.8 Å². The van der Waals surface area contributed by atoms with Crippen LogP contribution in [0.2, 0.25) is 0 Å². The van der Waals surface area contributed by atoms with E-state index in [2.05, 4.69) is 13.8 Å². The number of benzene rings is 2. The highest BCUT2D eigenvalue weighted by molar-refractivity contribution is 5.95. The Labute approximate surface area is 182 Å². The number of ether oxygens (including phenoxy) is 3. The highest BCUT2D eigenvalue weighted by Crippen LogP contribution is 2.33. The molecule has 7 heteroatoms. The molecule has 1 unspecified atom stereocenters. The van der Waals surface area contributed by atoms with Gasteiger partial charge in [-0.1, -0.05) is 32.0 Å². The third kappa shape index (κ3) is 4.45. The van der Waals surface area contributed by atoms with Crippen LogP contribution in [-0.2, 0) is 4.79 Å². The molecule has 0 N–H and O–H groups in total. The van der Waals surface area contributed by atoms with Gasteiger partial charge in [0.2, 0.25) is 6.79 Å². The lowest BCUT2D eigenvalue weighted by Crippen LogP contribution is -2.53. The molecule has 0 bridgehead atoms. The monoisotopic (exact) mass is 424 g/mol. The molecular formula is C24H28N2O5.